The molecule has 0 amide bonds. The van der Waals surface area contributed by atoms with Gasteiger partial charge in [0.25, 0.3) is 0 Å². The van der Waals surface area contributed by atoms with E-state index in [-0.39, 0.29) is 24.3 Å². The van der Waals surface area contributed by atoms with Crippen LogP contribution in [0.5, 0.6) is 0 Å². The molecule has 10 aromatic carbocycles. The van der Waals surface area contributed by atoms with Gasteiger partial charge in [-0.1, -0.05) is 121 Å². The van der Waals surface area contributed by atoms with Gasteiger partial charge in [-0.2, -0.15) is 13.2 Å². The molecule has 0 fully saturated rings. The van der Waals surface area contributed by atoms with Crippen molar-refractivity contribution in [2.45, 2.75) is 66.0 Å². The smallest absolute Gasteiger partial charge is 0.399 e. The van der Waals surface area contributed by atoms with Crippen LogP contribution in [-0.4, -0.2) is 80.3 Å². The van der Waals surface area contributed by atoms with Crippen molar-refractivity contribution in [2.75, 3.05) is 24.7 Å². The average molecular weight is 1600 g/mol. The van der Waals surface area contributed by atoms with Crippen molar-refractivity contribution in [3.8, 4) is 112 Å². The number of nitrogens with two attached hydrogens (primary N) is 1. The van der Waals surface area contributed by atoms with Gasteiger partial charge in [-0.05, 0) is 241 Å². The highest BCUT2D eigenvalue weighted by Gasteiger charge is 2.35. The molecule has 596 valence electrons. The van der Waals surface area contributed by atoms with Gasteiger partial charge in [-0.15, -0.1) is 0 Å². The van der Waals surface area contributed by atoms with Gasteiger partial charge in [0.2, 0.25) is 0 Å². The fraction of sp³-hybridized carbons (Fsp3) is 0.118. The molecule has 4 N–H and O–H groups in total. The summed E-state index contributed by atoms with van der Waals surface area (Å²) in [4.78, 5) is 46.3. The Labute approximate surface area is 698 Å². The summed E-state index contributed by atoms with van der Waals surface area (Å²) in [5, 5.41) is 18.7. The molecule has 20 rings (SSSR count). The molecule has 0 atom stereocenters. The van der Waals surface area contributed by atoms with Gasteiger partial charge in [0, 0.05) is 149 Å². The van der Waals surface area contributed by atoms with E-state index in [1.165, 1.54) is 74.1 Å². The molecule has 0 saturated heterocycles. The van der Waals surface area contributed by atoms with Crippen LogP contribution in [-0.2, 0) is 52.1 Å². The van der Waals surface area contributed by atoms with Gasteiger partial charge in [-0.25, -0.2) is 8.78 Å². The predicted molar refractivity (Wildman–Crippen MR) is 477 cm³/mol. The summed E-state index contributed by atoms with van der Waals surface area (Å²) < 4.78 is 66.4. The first kappa shape index (κ1) is 80.3. The van der Waals surface area contributed by atoms with E-state index >= 15 is 0 Å². The molecule has 5 aromatic heterocycles. The van der Waals surface area contributed by atoms with Crippen LogP contribution in [0.4, 0.5) is 33.3 Å². The molecule has 5 aliphatic heterocycles. The first-order valence-corrected chi connectivity index (χ1v) is 39.4. The minimum absolute atomic E-state index is 0.0331. The minimum Gasteiger partial charge on any atom is -0.399 e. The van der Waals surface area contributed by atoms with Gasteiger partial charge in [0.05, 0.1) is 80.0 Å². The summed E-state index contributed by atoms with van der Waals surface area (Å²) in [6.45, 7) is 7.57. The Morgan fingerprint density at radius 1 is 0.331 bits per heavy atom. The molecule has 0 saturated carbocycles. The Morgan fingerprint density at radius 3 is 0.992 bits per heavy atom. The van der Waals surface area contributed by atoms with E-state index in [1.807, 2.05) is 129 Å². The van der Waals surface area contributed by atoms with E-state index in [0.717, 1.165) is 161 Å². The zero-order valence-corrected chi connectivity index (χ0v) is 66.7. The van der Waals surface area contributed by atoms with E-state index in [0.29, 0.717) is 17.8 Å². The Morgan fingerprint density at radius 2 is 0.653 bits per heavy atom. The second-order valence-electron chi connectivity index (χ2n) is 29.9. The van der Waals surface area contributed by atoms with E-state index in [4.69, 9.17) is 5.73 Å². The van der Waals surface area contributed by atoms with Gasteiger partial charge in [-0.3, -0.25) is 49.9 Å². The standard InChI is InChI=1S/C22H21N3.C20H12F4N2.C20H15FN2O.C20H17N3.C20H16N2O/c1-15-11-17(8-9-21(15)25(2)3)22-20(5-4-10-24-22)16-6-7-18-13-23-14-19(18)12-16;21-18-6-5-13(9-17(18)20(22,23)24)19-16(2-1-7-26-19)12-3-4-14-10-25-11-15(14)8-12;21-19-6-5-14(9-17(19)12-24)20-18(2-1-7-23-20)13-3-4-15-10-22-11-16(15)8-13;1-13-9-15(6-7-19(13)21)20-18(3-2-8-23-20)14-4-5-16-11-22-12-17(16)10-14;23-13-14-3-1-4-16(9-14)20-19(5-2-8-22-20)15-6-7-17-11-21-12-18(17)10-15/h4-12,14H,13H2,1-3H3;1-9,11H,10H2;1-9,11,24H,10,12H2;2-10,12H,11,21H2,1H3;1-10,12,23H,11,13H2. The number of nitrogen functional groups attached to an aromatic ring is 1. The number of fused-ring (bicyclic) bond motifs is 5. The summed E-state index contributed by atoms with van der Waals surface area (Å²) in [5.41, 5.74) is 40.7. The monoisotopic (exact) mass is 1600 g/mol. The Kier molecular flexibility index (Phi) is 23.7. The van der Waals surface area contributed by atoms with Crippen LogP contribution in [0.15, 0.2) is 305 Å². The van der Waals surface area contributed by atoms with E-state index in [2.05, 4.69) is 191 Å². The van der Waals surface area contributed by atoms with Gasteiger partial charge in [0.15, 0.2) is 0 Å². The third-order valence-electron chi connectivity index (χ3n) is 21.7. The largest absolute Gasteiger partial charge is 0.419 e. The normalized spacial score (nSPS) is 12.5. The molecular weight excluding hydrogens is 1520 g/mol. The van der Waals surface area contributed by atoms with Crippen molar-refractivity contribution in [1.82, 2.24) is 24.9 Å². The van der Waals surface area contributed by atoms with Crippen LogP contribution in [0.2, 0.25) is 0 Å². The highest BCUT2D eigenvalue weighted by molar-refractivity contribution is 5.94. The number of halogens is 5. The number of alkyl halides is 3. The highest BCUT2D eigenvalue weighted by Crippen LogP contribution is 2.41. The van der Waals surface area contributed by atoms with Crippen LogP contribution in [0.25, 0.3) is 112 Å². The van der Waals surface area contributed by atoms with Gasteiger partial charge in [0.1, 0.15) is 11.6 Å². The predicted octanol–water partition coefficient (Wildman–Crippen LogP) is 22.3. The second-order valence-corrected chi connectivity index (χ2v) is 29.9. The number of hydrogen-bond acceptors (Lipinski definition) is 14. The lowest BCUT2D eigenvalue weighted by atomic mass is 9.95. The quantitative estimate of drug-likeness (QED) is 0.0743. The SMILES string of the molecule is Cc1cc(-c2ncccc2-c2ccc3c(c2)C=NC3)ccc1N.Cc1cc(-c2ncccc2-c2ccc3c(c2)C=NC3)ccc1N(C)C.Fc1ccc(-c2ncccc2-c2ccc3c(c2)C=NC3)cc1C(F)(F)F.OCc1cc(-c2ncccc2-c2ccc3c(c2)C=NC3)ccc1F.OCc1cccc(-c2ncccc2-c2ccc3c(c2)C=NC3)c1. The van der Waals surface area contributed by atoms with Crippen LogP contribution >= 0.6 is 0 Å². The maximum Gasteiger partial charge on any atom is 0.419 e. The topological polar surface area (TPSA) is 196 Å². The average Bonchev–Trinajstić information content (AvgIpc) is 1.69. The number of rotatable bonds is 13. The second kappa shape index (κ2) is 35.7. The number of hydrogen-bond donors (Lipinski definition) is 3. The highest BCUT2D eigenvalue weighted by atomic mass is 19.4. The molecule has 0 spiro atoms. The molecule has 0 bridgehead atoms. The number of anilines is 2. The number of aryl methyl sites for hydroxylation is 2. The number of aliphatic hydroxyl groups is 2. The number of aliphatic imine (C=N–C) groups is 5. The Bertz CT molecular complexity index is 6610. The third-order valence-corrected chi connectivity index (χ3v) is 21.7. The molecule has 15 aromatic rings. The molecule has 121 heavy (non-hydrogen) atoms. The van der Waals surface area contributed by atoms with Crippen LogP contribution in [0.3, 0.4) is 0 Å². The summed E-state index contributed by atoms with van der Waals surface area (Å²) in [6.07, 6.45) is 13.5. The van der Waals surface area contributed by atoms with Crippen molar-refractivity contribution in [2.24, 2.45) is 25.0 Å². The molecule has 0 aliphatic carbocycles. The fourth-order valence-corrected chi connectivity index (χ4v) is 15.4. The molecule has 5 aliphatic rings. The van der Waals surface area contributed by atoms with Crippen LogP contribution in [0, 0.1) is 25.5 Å². The van der Waals surface area contributed by atoms with Crippen molar-refractivity contribution in [3.63, 3.8) is 0 Å². The summed E-state index contributed by atoms with van der Waals surface area (Å²) in [7, 11) is 4.14. The van der Waals surface area contributed by atoms with E-state index < -0.39 is 23.4 Å². The number of aliphatic hydroxyl groups excluding tert-OH is 2. The molecule has 19 heteroatoms. The number of benzene rings is 10. The molecule has 10 heterocycles. The first-order chi connectivity index (χ1) is 58.9. The van der Waals surface area contributed by atoms with Gasteiger partial charge < -0.3 is 20.8 Å². The first-order valence-electron chi connectivity index (χ1n) is 39.4. The van der Waals surface area contributed by atoms with Crippen LogP contribution in [0.1, 0.15) is 83.5 Å². The zero-order chi connectivity index (χ0) is 83.7. The van der Waals surface area contributed by atoms with Crippen molar-refractivity contribution in [3.05, 3.63) is 375 Å². The lowest BCUT2D eigenvalue weighted by molar-refractivity contribution is -0.139. The van der Waals surface area contributed by atoms with Gasteiger partial charge >= 0.3 is 6.18 Å². The summed E-state index contributed by atoms with van der Waals surface area (Å²) >= 11 is 0. The maximum atomic E-state index is 13.7. The third kappa shape index (κ3) is 17.9. The number of pyridine rings is 5. The van der Waals surface area contributed by atoms with Crippen LogP contribution < -0.4 is 10.6 Å². The van der Waals surface area contributed by atoms with Crippen molar-refractivity contribution >= 4 is 42.4 Å². The zero-order valence-electron chi connectivity index (χ0n) is 66.7. The molecule has 14 nitrogen and oxygen atoms in total. The summed E-state index contributed by atoms with van der Waals surface area (Å²) in [6, 6.07) is 79.3. The molecular formula is C102H81F5N12O2. The lowest BCUT2D eigenvalue weighted by Crippen LogP contribution is -2.10. The van der Waals surface area contributed by atoms with Crippen molar-refractivity contribution < 1.29 is 32.2 Å². The molecule has 0 unspecified atom stereocenters. The lowest BCUT2D eigenvalue weighted by Gasteiger charge is -2.17. The van der Waals surface area contributed by atoms with E-state index in [9.17, 15) is 32.2 Å². The Balaban J connectivity index is 0.000000112. The minimum atomic E-state index is -4.76. The number of aromatic nitrogens is 5. The Hall–Kier alpha value is -14.5. The van der Waals surface area contributed by atoms with Crippen molar-refractivity contribution in [1.29, 1.82) is 0 Å². The maximum absolute atomic E-state index is 13.7. The molecule has 0 radical (unpaired) electrons. The number of nitrogens with zero attached hydrogens (tertiary/aromatic N) is 11. The van der Waals surface area contributed by atoms with E-state index in [1.54, 1.807) is 42.9 Å². The summed E-state index contributed by atoms with van der Waals surface area (Å²) in [5.74, 6) is -1.71. The fourth-order valence-electron chi connectivity index (χ4n) is 15.4.